The topological polar surface area (TPSA) is 79.0 Å². The summed E-state index contributed by atoms with van der Waals surface area (Å²) in [7, 11) is 1.52. The van der Waals surface area contributed by atoms with E-state index in [1.165, 1.54) is 12.0 Å². The van der Waals surface area contributed by atoms with Gasteiger partial charge in [0.1, 0.15) is 5.75 Å². The number of aromatic nitrogens is 1. The Kier molecular flexibility index (Phi) is 5.26. The Hall–Kier alpha value is -2.75. The number of ether oxygens (including phenoxy) is 1. The molecule has 0 atom stereocenters. The zero-order valence-electron chi connectivity index (χ0n) is 14.5. The molecule has 146 valence electrons. The van der Waals surface area contributed by atoms with Crippen LogP contribution >= 0.6 is 0 Å². The molecule has 0 aliphatic carbocycles. The summed E-state index contributed by atoms with van der Waals surface area (Å²) in [4.78, 5) is 14.7. The Morgan fingerprint density at radius 3 is 2.37 bits per heavy atom. The van der Waals surface area contributed by atoms with Crippen LogP contribution in [-0.2, 0) is 0 Å². The number of hydrogen-bond donors (Lipinski definition) is 1. The third-order valence-electron chi connectivity index (χ3n) is 4.31. The van der Waals surface area contributed by atoms with Gasteiger partial charge in [-0.25, -0.2) is 4.79 Å². The van der Waals surface area contributed by atoms with E-state index in [0.29, 0.717) is 11.3 Å². The van der Waals surface area contributed by atoms with Gasteiger partial charge in [-0.15, -0.1) is 0 Å². The molecule has 27 heavy (non-hydrogen) atoms. The van der Waals surface area contributed by atoms with Gasteiger partial charge in [0.2, 0.25) is 0 Å². The van der Waals surface area contributed by atoms with Gasteiger partial charge in [0.25, 0.3) is 0 Å². The Bertz CT molecular complexity index is 797. The minimum absolute atomic E-state index is 0.0953. The molecule has 0 bridgehead atoms. The molecule has 0 amide bonds. The van der Waals surface area contributed by atoms with E-state index in [0.717, 1.165) is 0 Å². The molecule has 1 fully saturated rings. The summed E-state index contributed by atoms with van der Waals surface area (Å²) in [5, 5.41) is 13.5. The number of rotatable bonds is 5. The Morgan fingerprint density at radius 2 is 1.85 bits per heavy atom. The molecule has 1 N–H and O–H groups in total. The number of nitrogens with zero attached hydrogens (tertiary/aromatic N) is 3. The Morgan fingerprint density at radius 1 is 1.22 bits per heavy atom. The summed E-state index contributed by atoms with van der Waals surface area (Å²) in [5.41, 5.74) is 0.409. The zero-order chi connectivity index (χ0) is 19.6. The zero-order valence-corrected chi connectivity index (χ0v) is 14.5. The average molecular weight is 385 g/mol. The fourth-order valence-corrected chi connectivity index (χ4v) is 3.00. The van der Waals surface area contributed by atoms with E-state index in [1.54, 1.807) is 29.2 Å². The van der Waals surface area contributed by atoms with Crippen molar-refractivity contribution in [3.05, 3.63) is 29.8 Å². The molecule has 1 aliphatic heterocycles. The average Bonchev–Trinajstić information content (AvgIpc) is 3.06. The normalized spacial score (nSPS) is 15.8. The van der Waals surface area contributed by atoms with Gasteiger partial charge < -0.3 is 19.3 Å². The molecule has 1 aliphatic rings. The number of hydrogen-bond acceptors (Lipinski definition) is 6. The SMILES string of the molecule is COc1ccc(-c2onc(N3CCN(CC(F)(F)F)CC3)c2C(=O)O)cc1. The van der Waals surface area contributed by atoms with E-state index in [9.17, 15) is 23.1 Å². The number of piperazine rings is 1. The number of carboxylic acid groups (broad SMARTS) is 1. The standard InChI is InChI=1S/C17H18F3N3O4/c1-26-12-4-2-11(3-5-12)14-13(16(24)25)15(21-27-14)23-8-6-22(7-9-23)10-17(18,19)20/h2-5H,6-10H2,1H3,(H,24,25). The number of benzene rings is 1. The first-order valence-electron chi connectivity index (χ1n) is 8.20. The van der Waals surface area contributed by atoms with Gasteiger partial charge in [-0.3, -0.25) is 4.90 Å². The lowest BCUT2D eigenvalue weighted by atomic mass is 10.1. The number of anilines is 1. The van der Waals surface area contributed by atoms with E-state index in [1.807, 2.05) is 0 Å². The number of carboxylic acids is 1. The van der Waals surface area contributed by atoms with E-state index in [-0.39, 0.29) is 43.3 Å². The monoisotopic (exact) mass is 385 g/mol. The van der Waals surface area contributed by atoms with Crippen molar-refractivity contribution in [3.63, 3.8) is 0 Å². The van der Waals surface area contributed by atoms with Crippen LogP contribution in [0.4, 0.5) is 19.0 Å². The minimum atomic E-state index is -4.26. The van der Waals surface area contributed by atoms with Crippen LogP contribution in [0.5, 0.6) is 5.75 Å². The fourth-order valence-electron chi connectivity index (χ4n) is 3.00. The first-order valence-corrected chi connectivity index (χ1v) is 8.20. The van der Waals surface area contributed by atoms with Crippen LogP contribution in [-0.4, -0.2) is 67.1 Å². The van der Waals surface area contributed by atoms with Crippen molar-refractivity contribution in [1.29, 1.82) is 0 Å². The van der Waals surface area contributed by atoms with Gasteiger partial charge in [-0.1, -0.05) is 5.16 Å². The molecule has 2 aromatic rings. The highest BCUT2D eigenvalue weighted by atomic mass is 19.4. The highest BCUT2D eigenvalue weighted by Crippen LogP contribution is 2.33. The fraction of sp³-hybridized carbons (Fsp3) is 0.412. The molecule has 0 unspecified atom stereocenters. The highest BCUT2D eigenvalue weighted by molar-refractivity contribution is 5.99. The lowest BCUT2D eigenvalue weighted by molar-refractivity contribution is -0.146. The quantitative estimate of drug-likeness (QED) is 0.848. The van der Waals surface area contributed by atoms with Gasteiger partial charge in [0.15, 0.2) is 17.1 Å². The largest absolute Gasteiger partial charge is 0.497 e. The van der Waals surface area contributed by atoms with Gasteiger partial charge in [0, 0.05) is 31.7 Å². The van der Waals surface area contributed by atoms with Gasteiger partial charge in [0.05, 0.1) is 13.7 Å². The van der Waals surface area contributed by atoms with Crippen molar-refractivity contribution < 1.29 is 32.3 Å². The predicted molar refractivity (Wildman–Crippen MR) is 90.2 cm³/mol. The summed E-state index contributed by atoms with van der Waals surface area (Å²) >= 11 is 0. The van der Waals surface area contributed by atoms with Crippen LogP contribution in [0.15, 0.2) is 28.8 Å². The maximum atomic E-state index is 12.5. The summed E-state index contributed by atoms with van der Waals surface area (Å²) in [6.45, 7) is -0.217. The molecule has 1 aromatic heterocycles. The van der Waals surface area contributed by atoms with Crippen LogP contribution < -0.4 is 9.64 Å². The highest BCUT2D eigenvalue weighted by Gasteiger charge is 2.34. The van der Waals surface area contributed by atoms with Crippen LogP contribution in [0.25, 0.3) is 11.3 Å². The van der Waals surface area contributed by atoms with Crippen molar-refractivity contribution in [2.24, 2.45) is 0 Å². The second kappa shape index (κ2) is 7.47. The van der Waals surface area contributed by atoms with Gasteiger partial charge in [-0.2, -0.15) is 13.2 Å². The lowest BCUT2D eigenvalue weighted by Crippen LogP contribution is -2.49. The molecule has 3 rings (SSSR count). The second-order valence-electron chi connectivity index (χ2n) is 6.12. The summed E-state index contributed by atoms with van der Waals surface area (Å²) < 4.78 is 47.9. The maximum absolute atomic E-state index is 12.5. The molecule has 1 aromatic carbocycles. The predicted octanol–water partition coefficient (Wildman–Crippen LogP) is 2.73. The smallest absolute Gasteiger partial charge is 0.401 e. The van der Waals surface area contributed by atoms with Crippen molar-refractivity contribution >= 4 is 11.8 Å². The van der Waals surface area contributed by atoms with Gasteiger partial charge >= 0.3 is 12.1 Å². The molecule has 0 saturated carbocycles. The first-order chi connectivity index (χ1) is 12.8. The van der Waals surface area contributed by atoms with Crippen molar-refractivity contribution in [1.82, 2.24) is 10.1 Å². The number of methoxy groups -OCH3 is 1. The lowest BCUT2D eigenvalue weighted by Gasteiger charge is -2.35. The number of carbonyl (C=O) groups is 1. The molecule has 1 saturated heterocycles. The van der Waals surface area contributed by atoms with Crippen molar-refractivity contribution in [2.45, 2.75) is 6.18 Å². The van der Waals surface area contributed by atoms with Gasteiger partial charge in [-0.05, 0) is 24.3 Å². The van der Waals surface area contributed by atoms with E-state index in [2.05, 4.69) is 5.16 Å². The molecular formula is C17H18F3N3O4. The Balaban J connectivity index is 1.81. The first kappa shape index (κ1) is 19.0. The number of aromatic carboxylic acids is 1. The van der Waals surface area contributed by atoms with Crippen LogP contribution in [0, 0.1) is 0 Å². The molecule has 7 nitrogen and oxygen atoms in total. The minimum Gasteiger partial charge on any atom is -0.497 e. The summed E-state index contributed by atoms with van der Waals surface area (Å²) in [6, 6.07) is 6.63. The second-order valence-corrected chi connectivity index (χ2v) is 6.12. The van der Waals surface area contributed by atoms with Crippen LogP contribution in [0.3, 0.4) is 0 Å². The molecule has 0 radical (unpaired) electrons. The molecule has 10 heteroatoms. The summed E-state index contributed by atoms with van der Waals surface area (Å²) in [6.07, 6.45) is -4.26. The number of halogens is 3. The van der Waals surface area contributed by atoms with Crippen LogP contribution in [0.2, 0.25) is 0 Å². The van der Waals surface area contributed by atoms with E-state index >= 15 is 0 Å². The van der Waals surface area contributed by atoms with E-state index < -0.39 is 18.7 Å². The van der Waals surface area contributed by atoms with Crippen molar-refractivity contribution in [2.75, 3.05) is 44.7 Å². The summed E-state index contributed by atoms with van der Waals surface area (Å²) in [5.74, 6) is -0.385. The van der Waals surface area contributed by atoms with Crippen molar-refractivity contribution in [3.8, 4) is 17.1 Å². The van der Waals surface area contributed by atoms with E-state index in [4.69, 9.17) is 9.26 Å². The third-order valence-corrected chi connectivity index (χ3v) is 4.31. The Labute approximate surface area is 152 Å². The maximum Gasteiger partial charge on any atom is 0.401 e. The number of alkyl halides is 3. The molecule has 0 spiro atoms. The van der Waals surface area contributed by atoms with Crippen LogP contribution in [0.1, 0.15) is 10.4 Å². The molecule has 2 heterocycles. The third kappa shape index (κ3) is 4.33. The molecular weight excluding hydrogens is 367 g/mol.